The molecule has 1 aliphatic heterocycles. The average molecular weight is 384 g/mol. The molecule has 3 aromatic rings. The first-order valence-electron chi connectivity index (χ1n) is 8.97. The Bertz CT molecular complexity index is 962. The lowest BCUT2D eigenvalue weighted by molar-refractivity contribution is 0.0736. The first-order valence-corrected chi connectivity index (χ1v) is 9.74. The molecule has 27 heavy (non-hydrogen) atoms. The average Bonchev–Trinajstić information content (AvgIpc) is 3.41. The van der Waals surface area contributed by atoms with Crippen molar-refractivity contribution in [2.24, 2.45) is 0 Å². The van der Waals surface area contributed by atoms with Gasteiger partial charge in [-0.15, -0.1) is 5.10 Å². The zero-order valence-corrected chi connectivity index (χ0v) is 16.3. The lowest BCUT2D eigenvalue weighted by Gasteiger charge is -2.24. The Morgan fingerprint density at radius 1 is 1.37 bits per heavy atom. The molecule has 3 aromatic heterocycles. The highest BCUT2D eigenvalue weighted by molar-refractivity contribution is 7.08. The lowest BCUT2D eigenvalue weighted by atomic mass is 10.1. The normalized spacial score (nSPS) is 16.9. The van der Waals surface area contributed by atoms with Crippen molar-refractivity contribution < 1.29 is 9.32 Å². The van der Waals surface area contributed by atoms with Crippen LogP contribution in [-0.2, 0) is 6.42 Å². The monoisotopic (exact) mass is 384 g/mol. The zero-order chi connectivity index (χ0) is 19.0. The Morgan fingerprint density at radius 2 is 2.22 bits per heavy atom. The molecule has 0 saturated carbocycles. The fraction of sp³-hybridized carbons (Fsp3) is 0.444. The van der Waals surface area contributed by atoms with Crippen molar-refractivity contribution in [2.45, 2.75) is 46.1 Å². The molecular weight excluding hydrogens is 364 g/mol. The van der Waals surface area contributed by atoms with Gasteiger partial charge in [-0.2, -0.15) is 0 Å². The quantitative estimate of drug-likeness (QED) is 0.681. The molecule has 0 spiro atoms. The summed E-state index contributed by atoms with van der Waals surface area (Å²) in [4.78, 5) is 24.7. The van der Waals surface area contributed by atoms with Crippen LogP contribution in [0.3, 0.4) is 0 Å². The van der Waals surface area contributed by atoms with E-state index in [0.29, 0.717) is 23.6 Å². The van der Waals surface area contributed by atoms with Crippen LogP contribution in [-0.4, -0.2) is 42.1 Å². The number of aromatic nitrogens is 5. The Labute approximate surface area is 160 Å². The molecule has 4 rings (SSSR count). The molecule has 0 bridgehead atoms. The fourth-order valence-corrected chi connectivity index (χ4v) is 4.27. The van der Waals surface area contributed by atoms with Crippen molar-refractivity contribution in [3.05, 3.63) is 40.1 Å². The van der Waals surface area contributed by atoms with Crippen LogP contribution >= 0.6 is 11.5 Å². The van der Waals surface area contributed by atoms with Crippen molar-refractivity contribution in [1.29, 1.82) is 0 Å². The number of likely N-dealkylation sites (tertiary alicyclic amines) is 1. The minimum atomic E-state index is -0.0998. The van der Waals surface area contributed by atoms with Gasteiger partial charge in [-0.1, -0.05) is 16.6 Å². The number of hydrogen-bond donors (Lipinski definition) is 0. The van der Waals surface area contributed by atoms with Gasteiger partial charge in [0, 0.05) is 6.54 Å². The first-order chi connectivity index (χ1) is 13.1. The van der Waals surface area contributed by atoms with Crippen molar-refractivity contribution in [3.63, 3.8) is 0 Å². The highest BCUT2D eigenvalue weighted by Gasteiger charge is 2.34. The molecule has 4 heterocycles. The van der Waals surface area contributed by atoms with Gasteiger partial charge in [-0.3, -0.25) is 9.78 Å². The van der Waals surface area contributed by atoms with Gasteiger partial charge in [0.2, 0.25) is 0 Å². The predicted octanol–water partition coefficient (Wildman–Crippen LogP) is 3.14. The summed E-state index contributed by atoms with van der Waals surface area (Å²) in [5, 5.41) is 8.06. The smallest absolute Gasteiger partial charge is 0.268 e. The van der Waals surface area contributed by atoms with E-state index in [9.17, 15) is 4.79 Å². The van der Waals surface area contributed by atoms with Crippen LogP contribution in [0, 0.1) is 13.8 Å². The van der Waals surface area contributed by atoms with Gasteiger partial charge in [-0.05, 0) is 44.6 Å². The van der Waals surface area contributed by atoms with E-state index < -0.39 is 0 Å². The van der Waals surface area contributed by atoms with Crippen LogP contribution < -0.4 is 0 Å². The number of hydrogen-bond acceptors (Lipinski definition) is 8. The van der Waals surface area contributed by atoms with Crippen LogP contribution in [0.5, 0.6) is 0 Å². The highest BCUT2D eigenvalue weighted by atomic mass is 32.1. The standard InChI is InChI=1S/C18H20N6O2S/c1-4-12-17(27-23-21-12)18(25)24-7-5-6-15(24)13-8-19-9-14(20-13)16-10(2)22-26-11(16)3/h8-9,15H,4-7H2,1-3H3. The molecule has 140 valence electrons. The van der Waals surface area contributed by atoms with E-state index >= 15 is 0 Å². The van der Waals surface area contributed by atoms with Crippen molar-refractivity contribution in [3.8, 4) is 11.3 Å². The summed E-state index contributed by atoms with van der Waals surface area (Å²) >= 11 is 1.16. The van der Waals surface area contributed by atoms with E-state index in [0.717, 1.165) is 52.7 Å². The maximum Gasteiger partial charge on any atom is 0.268 e. The minimum absolute atomic E-state index is 0.0195. The second-order valence-electron chi connectivity index (χ2n) is 6.59. The van der Waals surface area contributed by atoms with Crippen LogP contribution in [0.25, 0.3) is 11.3 Å². The van der Waals surface area contributed by atoms with Crippen molar-refractivity contribution >= 4 is 17.4 Å². The maximum atomic E-state index is 13.1. The van der Waals surface area contributed by atoms with Gasteiger partial charge >= 0.3 is 0 Å². The van der Waals surface area contributed by atoms with Crippen LogP contribution in [0.2, 0.25) is 0 Å². The van der Waals surface area contributed by atoms with Crippen molar-refractivity contribution in [2.75, 3.05) is 6.54 Å². The summed E-state index contributed by atoms with van der Waals surface area (Å²) in [6.07, 6.45) is 5.93. The molecule has 0 aromatic carbocycles. The lowest BCUT2D eigenvalue weighted by Crippen LogP contribution is -2.31. The first kappa shape index (κ1) is 17.7. The second kappa shape index (κ2) is 7.15. The third-order valence-corrected chi connectivity index (χ3v) is 5.64. The number of carbonyl (C=O) groups excluding carboxylic acids is 1. The molecule has 1 fully saturated rings. The molecule has 0 N–H and O–H groups in total. The van der Waals surface area contributed by atoms with Gasteiger partial charge in [0.15, 0.2) is 0 Å². The summed E-state index contributed by atoms with van der Waals surface area (Å²) in [5.41, 5.74) is 3.90. The number of carbonyl (C=O) groups is 1. The molecular formula is C18H20N6O2S. The molecule has 0 aliphatic carbocycles. The predicted molar refractivity (Wildman–Crippen MR) is 99.3 cm³/mol. The summed E-state index contributed by atoms with van der Waals surface area (Å²) in [5.74, 6) is 0.690. The van der Waals surface area contributed by atoms with E-state index in [1.807, 2.05) is 25.7 Å². The Morgan fingerprint density at radius 3 is 2.96 bits per heavy atom. The Balaban J connectivity index is 1.67. The van der Waals surface area contributed by atoms with E-state index in [-0.39, 0.29) is 11.9 Å². The summed E-state index contributed by atoms with van der Waals surface area (Å²) < 4.78 is 9.20. The van der Waals surface area contributed by atoms with Gasteiger partial charge in [0.05, 0.1) is 46.8 Å². The van der Waals surface area contributed by atoms with E-state index in [1.54, 1.807) is 12.4 Å². The van der Waals surface area contributed by atoms with E-state index in [1.165, 1.54) is 0 Å². The molecule has 0 radical (unpaired) electrons. The molecule has 1 unspecified atom stereocenters. The van der Waals surface area contributed by atoms with Gasteiger partial charge in [0.25, 0.3) is 5.91 Å². The van der Waals surface area contributed by atoms with Crippen molar-refractivity contribution in [1.82, 2.24) is 29.6 Å². The molecule has 8 nitrogen and oxygen atoms in total. The summed E-state index contributed by atoms with van der Waals surface area (Å²) in [6.45, 7) is 6.42. The number of aryl methyl sites for hydroxylation is 3. The Hall–Kier alpha value is -2.68. The molecule has 1 aliphatic rings. The summed E-state index contributed by atoms with van der Waals surface area (Å²) in [6, 6.07) is -0.0998. The number of nitrogens with zero attached hydrogens (tertiary/aromatic N) is 6. The van der Waals surface area contributed by atoms with Gasteiger partial charge in [0.1, 0.15) is 10.6 Å². The van der Waals surface area contributed by atoms with Crippen LogP contribution in [0.4, 0.5) is 0 Å². The summed E-state index contributed by atoms with van der Waals surface area (Å²) in [7, 11) is 0. The number of amides is 1. The zero-order valence-electron chi connectivity index (χ0n) is 15.5. The largest absolute Gasteiger partial charge is 0.361 e. The molecule has 9 heteroatoms. The third-order valence-electron chi connectivity index (χ3n) is 4.88. The Kier molecular flexibility index (Phi) is 4.69. The fourth-order valence-electron chi connectivity index (χ4n) is 3.56. The van der Waals surface area contributed by atoms with Gasteiger partial charge < -0.3 is 9.42 Å². The number of rotatable bonds is 4. The van der Waals surface area contributed by atoms with E-state index in [4.69, 9.17) is 9.51 Å². The maximum absolute atomic E-state index is 13.1. The topological polar surface area (TPSA) is 97.9 Å². The third kappa shape index (κ3) is 3.12. The molecule has 1 saturated heterocycles. The second-order valence-corrected chi connectivity index (χ2v) is 7.34. The van der Waals surface area contributed by atoms with Crippen LogP contribution in [0.1, 0.15) is 58.3 Å². The van der Waals surface area contributed by atoms with E-state index in [2.05, 4.69) is 19.7 Å². The SMILES string of the molecule is CCc1nnsc1C(=O)N1CCCC1c1cncc(-c2c(C)noc2C)n1. The van der Waals surface area contributed by atoms with Crippen LogP contribution in [0.15, 0.2) is 16.9 Å². The minimum Gasteiger partial charge on any atom is -0.361 e. The van der Waals surface area contributed by atoms with Gasteiger partial charge in [-0.25, -0.2) is 4.98 Å². The molecule has 1 atom stereocenters. The molecule has 1 amide bonds. The highest BCUT2D eigenvalue weighted by Crippen LogP contribution is 2.34.